The lowest BCUT2D eigenvalue weighted by Gasteiger charge is -2.23. The Morgan fingerprint density at radius 3 is 2.67 bits per heavy atom. The Bertz CT molecular complexity index is 415. The zero-order valence-electron chi connectivity index (χ0n) is 10.9. The summed E-state index contributed by atoms with van der Waals surface area (Å²) in [6, 6.07) is 7.40. The third-order valence-electron chi connectivity index (χ3n) is 3.16. The van der Waals surface area contributed by atoms with Crippen molar-refractivity contribution in [3.05, 3.63) is 35.4 Å². The van der Waals surface area contributed by atoms with Crippen LogP contribution in [0.4, 0.5) is 0 Å². The third-order valence-corrected chi connectivity index (χ3v) is 3.16. The number of aliphatic hydroxyl groups is 1. The summed E-state index contributed by atoms with van der Waals surface area (Å²) in [5, 5.41) is 18.0. The Labute approximate surface area is 107 Å². The molecule has 0 aliphatic rings. The summed E-state index contributed by atoms with van der Waals surface area (Å²) < 4.78 is 0. The monoisotopic (exact) mass is 251 g/mol. The highest BCUT2D eigenvalue weighted by Gasteiger charge is 2.20. The van der Waals surface area contributed by atoms with Gasteiger partial charge in [-0.2, -0.15) is 0 Å². The summed E-state index contributed by atoms with van der Waals surface area (Å²) in [6.45, 7) is 3.96. The van der Waals surface area contributed by atoms with E-state index in [2.05, 4.69) is 0 Å². The van der Waals surface area contributed by atoms with Crippen molar-refractivity contribution in [2.75, 3.05) is 6.61 Å². The number of carbonyl (C=O) groups is 1. The first-order valence-corrected chi connectivity index (χ1v) is 6.05. The number of rotatable bonds is 6. The van der Waals surface area contributed by atoms with Gasteiger partial charge in [0.15, 0.2) is 0 Å². The van der Waals surface area contributed by atoms with Crippen LogP contribution in [0.1, 0.15) is 43.9 Å². The predicted molar refractivity (Wildman–Crippen MR) is 70.4 cm³/mol. The second kappa shape index (κ2) is 5.98. The highest BCUT2D eigenvalue weighted by molar-refractivity contribution is 5.66. The smallest absolute Gasteiger partial charge is 0.303 e. The molecule has 1 unspecified atom stereocenters. The maximum atomic E-state index is 10.5. The van der Waals surface area contributed by atoms with Crippen molar-refractivity contribution in [1.82, 2.24) is 0 Å². The van der Waals surface area contributed by atoms with Gasteiger partial charge >= 0.3 is 5.97 Å². The predicted octanol–water partition coefficient (Wildman–Crippen LogP) is 1.82. The van der Waals surface area contributed by atoms with E-state index in [1.807, 2.05) is 38.1 Å². The number of carboxylic acid groups (broad SMARTS) is 1. The third kappa shape index (κ3) is 3.82. The lowest BCUT2D eigenvalue weighted by molar-refractivity contribution is -0.137. The normalized spacial score (nSPS) is 13.3. The van der Waals surface area contributed by atoms with Crippen molar-refractivity contribution < 1.29 is 15.0 Å². The molecule has 0 spiro atoms. The number of hydrogen-bond acceptors (Lipinski definition) is 3. The molecule has 18 heavy (non-hydrogen) atoms. The molecule has 0 saturated carbocycles. The van der Waals surface area contributed by atoms with Crippen molar-refractivity contribution in [1.29, 1.82) is 0 Å². The zero-order chi connectivity index (χ0) is 13.8. The van der Waals surface area contributed by atoms with Crippen molar-refractivity contribution in [3.8, 4) is 0 Å². The second-order valence-corrected chi connectivity index (χ2v) is 5.21. The van der Waals surface area contributed by atoms with Gasteiger partial charge in [0.1, 0.15) is 0 Å². The van der Waals surface area contributed by atoms with Crippen LogP contribution in [0.5, 0.6) is 0 Å². The van der Waals surface area contributed by atoms with Gasteiger partial charge in [-0.05, 0) is 17.5 Å². The number of nitrogens with two attached hydrogens (primary N) is 1. The summed E-state index contributed by atoms with van der Waals surface area (Å²) in [5.41, 5.74) is 7.57. The number of hydrogen-bond donors (Lipinski definition) is 3. The highest BCUT2D eigenvalue weighted by Crippen LogP contribution is 2.25. The topological polar surface area (TPSA) is 83.5 Å². The fraction of sp³-hybridized carbons (Fsp3) is 0.500. The van der Waals surface area contributed by atoms with E-state index < -0.39 is 5.97 Å². The standard InChI is InChI=1S/C14H21NO3/c1-14(2,9-16)11-5-3-4-10(8-11)12(15)6-7-13(17)18/h3-5,8,12,16H,6-7,9,15H2,1-2H3,(H,17,18). The van der Waals surface area contributed by atoms with E-state index in [1.165, 1.54) is 0 Å². The summed E-state index contributed by atoms with van der Waals surface area (Å²) in [6.07, 6.45) is 0.479. The van der Waals surface area contributed by atoms with E-state index in [0.717, 1.165) is 11.1 Å². The molecule has 4 heteroatoms. The van der Waals surface area contributed by atoms with Crippen molar-refractivity contribution >= 4 is 5.97 Å². The lowest BCUT2D eigenvalue weighted by atomic mass is 9.84. The second-order valence-electron chi connectivity index (χ2n) is 5.21. The number of carboxylic acids is 1. The van der Waals surface area contributed by atoms with Crippen LogP contribution in [0.3, 0.4) is 0 Å². The first-order chi connectivity index (χ1) is 8.36. The van der Waals surface area contributed by atoms with Crippen LogP contribution in [0.2, 0.25) is 0 Å². The molecule has 1 rings (SSSR count). The van der Waals surface area contributed by atoms with Gasteiger partial charge in [0.25, 0.3) is 0 Å². The molecule has 100 valence electrons. The van der Waals surface area contributed by atoms with Crippen LogP contribution in [0.15, 0.2) is 24.3 Å². The van der Waals surface area contributed by atoms with Crippen LogP contribution in [0, 0.1) is 0 Å². The molecular weight excluding hydrogens is 230 g/mol. The quantitative estimate of drug-likeness (QED) is 0.720. The first kappa shape index (κ1) is 14.7. The molecule has 0 saturated heterocycles. The van der Waals surface area contributed by atoms with E-state index in [-0.39, 0.29) is 24.5 Å². The molecule has 4 nitrogen and oxygen atoms in total. The molecule has 0 bridgehead atoms. The molecule has 0 fully saturated rings. The molecular formula is C14H21NO3. The molecule has 0 radical (unpaired) electrons. The largest absolute Gasteiger partial charge is 0.481 e. The fourth-order valence-corrected chi connectivity index (χ4v) is 1.73. The Morgan fingerprint density at radius 2 is 2.11 bits per heavy atom. The fourth-order valence-electron chi connectivity index (χ4n) is 1.73. The van der Waals surface area contributed by atoms with Crippen LogP contribution in [-0.4, -0.2) is 22.8 Å². The maximum Gasteiger partial charge on any atom is 0.303 e. The Morgan fingerprint density at radius 1 is 1.44 bits per heavy atom. The van der Waals surface area contributed by atoms with E-state index in [1.54, 1.807) is 0 Å². The molecule has 0 heterocycles. The van der Waals surface area contributed by atoms with Gasteiger partial charge in [-0.25, -0.2) is 0 Å². The minimum Gasteiger partial charge on any atom is -0.481 e. The van der Waals surface area contributed by atoms with Crippen LogP contribution in [0.25, 0.3) is 0 Å². The van der Waals surface area contributed by atoms with Gasteiger partial charge in [-0.3, -0.25) is 4.79 Å². The first-order valence-electron chi connectivity index (χ1n) is 6.05. The lowest BCUT2D eigenvalue weighted by Crippen LogP contribution is -2.22. The van der Waals surface area contributed by atoms with Crippen molar-refractivity contribution in [2.24, 2.45) is 5.73 Å². The van der Waals surface area contributed by atoms with Gasteiger partial charge in [0, 0.05) is 17.9 Å². The van der Waals surface area contributed by atoms with E-state index in [0.29, 0.717) is 6.42 Å². The van der Waals surface area contributed by atoms with Gasteiger partial charge in [0.05, 0.1) is 6.61 Å². The van der Waals surface area contributed by atoms with Gasteiger partial charge in [-0.1, -0.05) is 38.1 Å². The molecule has 0 amide bonds. The summed E-state index contributed by atoms with van der Waals surface area (Å²) in [5.74, 6) is -0.836. The average molecular weight is 251 g/mol. The summed E-state index contributed by atoms with van der Waals surface area (Å²) in [4.78, 5) is 10.5. The van der Waals surface area contributed by atoms with E-state index in [4.69, 9.17) is 10.8 Å². The Balaban J connectivity index is 2.85. The minimum atomic E-state index is -0.836. The van der Waals surface area contributed by atoms with Crippen LogP contribution in [-0.2, 0) is 10.2 Å². The van der Waals surface area contributed by atoms with Gasteiger partial charge < -0.3 is 15.9 Å². The Hall–Kier alpha value is -1.39. The molecule has 0 aliphatic carbocycles. The van der Waals surface area contributed by atoms with Crippen molar-refractivity contribution in [3.63, 3.8) is 0 Å². The molecule has 0 aliphatic heterocycles. The molecule has 1 aromatic rings. The van der Waals surface area contributed by atoms with E-state index in [9.17, 15) is 9.90 Å². The van der Waals surface area contributed by atoms with Gasteiger partial charge in [-0.15, -0.1) is 0 Å². The number of benzene rings is 1. The summed E-state index contributed by atoms with van der Waals surface area (Å²) >= 11 is 0. The molecule has 1 aromatic carbocycles. The Kier molecular flexibility index (Phi) is 4.87. The van der Waals surface area contributed by atoms with Crippen LogP contribution < -0.4 is 5.73 Å². The molecule has 0 aromatic heterocycles. The summed E-state index contributed by atoms with van der Waals surface area (Å²) in [7, 11) is 0. The zero-order valence-corrected chi connectivity index (χ0v) is 10.9. The minimum absolute atomic E-state index is 0.0564. The van der Waals surface area contributed by atoms with Gasteiger partial charge in [0.2, 0.25) is 0 Å². The maximum absolute atomic E-state index is 10.5. The number of aliphatic hydroxyl groups excluding tert-OH is 1. The average Bonchev–Trinajstić information content (AvgIpc) is 2.36. The van der Waals surface area contributed by atoms with Crippen LogP contribution >= 0.6 is 0 Å². The highest BCUT2D eigenvalue weighted by atomic mass is 16.4. The molecule has 1 atom stereocenters. The SMILES string of the molecule is CC(C)(CO)c1cccc(C(N)CCC(=O)O)c1. The molecule has 4 N–H and O–H groups in total. The van der Waals surface area contributed by atoms with Crippen molar-refractivity contribution in [2.45, 2.75) is 38.1 Å². The number of aliphatic carboxylic acids is 1. The van der Waals surface area contributed by atoms with E-state index >= 15 is 0 Å².